The predicted molar refractivity (Wildman–Crippen MR) is 77.5 cm³/mol. The van der Waals surface area contributed by atoms with Crippen molar-refractivity contribution in [2.75, 3.05) is 7.11 Å². The number of carbonyl (C=O) groups excluding carboxylic acids is 1. The van der Waals surface area contributed by atoms with Gasteiger partial charge in [-0.05, 0) is 28.1 Å². The summed E-state index contributed by atoms with van der Waals surface area (Å²) >= 11 is 3.37. The SMILES string of the molecule is COC(=O)c1ccc(-c2cn3cc(Br)cnc3n2)cc1. The molecule has 2 heterocycles. The molecule has 0 fully saturated rings. The first-order valence-electron chi connectivity index (χ1n) is 5.86. The number of fused-ring (bicyclic) bond motifs is 1. The van der Waals surface area contributed by atoms with E-state index < -0.39 is 0 Å². The Kier molecular flexibility index (Phi) is 3.23. The molecule has 0 bridgehead atoms. The fourth-order valence-electron chi connectivity index (χ4n) is 1.89. The van der Waals surface area contributed by atoms with Crippen molar-refractivity contribution >= 4 is 27.7 Å². The number of halogens is 1. The highest BCUT2D eigenvalue weighted by atomic mass is 79.9. The first kappa shape index (κ1) is 12.8. The van der Waals surface area contributed by atoms with Crippen LogP contribution in [0, 0.1) is 0 Å². The van der Waals surface area contributed by atoms with Gasteiger partial charge in [0.05, 0.1) is 22.8 Å². The molecule has 0 saturated carbocycles. The highest BCUT2D eigenvalue weighted by molar-refractivity contribution is 9.10. The minimum absolute atomic E-state index is 0.350. The van der Waals surface area contributed by atoms with E-state index in [0.29, 0.717) is 11.3 Å². The summed E-state index contributed by atoms with van der Waals surface area (Å²) in [6.07, 6.45) is 5.48. The maximum atomic E-state index is 11.4. The van der Waals surface area contributed by atoms with Gasteiger partial charge in [-0.25, -0.2) is 14.8 Å². The van der Waals surface area contributed by atoms with Crippen LogP contribution in [-0.4, -0.2) is 27.4 Å². The molecule has 100 valence electrons. The number of benzene rings is 1. The first-order chi connectivity index (χ1) is 9.67. The van der Waals surface area contributed by atoms with Crippen LogP contribution in [0.1, 0.15) is 10.4 Å². The van der Waals surface area contributed by atoms with E-state index in [-0.39, 0.29) is 5.97 Å². The van der Waals surface area contributed by atoms with Crippen LogP contribution < -0.4 is 0 Å². The smallest absolute Gasteiger partial charge is 0.337 e. The fraction of sp³-hybridized carbons (Fsp3) is 0.0714. The predicted octanol–water partition coefficient (Wildman–Crippen LogP) is 2.95. The Morgan fingerprint density at radius 1 is 1.25 bits per heavy atom. The number of rotatable bonds is 2. The van der Waals surface area contributed by atoms with Crippen molar-refractivity contribution in [2.24, 2.45) is 0 Å². The lowest BCUT2D eigenvalue weighted by atomic mass is 10.1. The standard InChI is InChI=1S/C14H10BrN3O2/c1-20-13(19)10-4-2-9(3-5-10)12-8-18-7-11(15)6-16-14(18)17-12/h2-8H,1H3. The maximum absolute atomic E-state index is 11.4. The van der Waals surface area contributed by atoms with Crippen LogP contribution in [0.5, 0.6) is 0 Å². The van der Waals surface area contributed by atoms with E-state index in [4.69, 9.17) is 0 Å². The van der Waals surface area contributed by atoms with Gasteiger partial charge in [-0.15, -0.1) is 0 Å². The number of nitrogens with zero attached hydrogens (tertiary/aromatic N) is 3. The van der Waals surface area contributed by atoms with Crippen molar-refractivity contribution in [2.45, 2.75) is 0 Å². The zero-order chi connectivity index (χ0) is 14.1. The first-order valence-corrected chi connectivity index (χ1v) is 6.65. The molecule has 3 rings (SSSR count). The normalized spacial score (nSPS) is 10.7. The largest absolute Gasteiger partial charge is 0.465 e. The van der Waals surface area contributed by atoms with E-state index in [1.165, 1.54) is 7.11 Å². The molecule has 0 N–H and O–H groups in total. The molecule has 0 radical (unpaired) electrons. The van der Waals surface area contributed by atoms with Crippen molar-refractivity contribution < 1.29 is 9.53 Å². The number of aromatic nitrogens is 3. The van der Waals surface area contributed by atoms with Crippen LogP contribution in [0.2, 0.25) is 0 Å². The summed E-state index contributed by atoms with van der Waals surface area (Å²) in [7, 11) is 1.36. The Morgan fingerprint density at radius 2 is 2.00 bits per heavy atom. The van der Waals surface area contributed by atoms with Gasteiger partial charge >= 0.3 is 5.97 Å². The fourth-order valence-corrected chi connectivity index (χ4v) is 2.22. The van der Waals surface area contributed by atoms with Gasteiger partial charge in [0, 0.05) is 24.2 Å². The number of methoxy groups -OCH3 is 1. The van der Waals surface area contributed by atoms with Crippen molar-refractivity contribution in [1.82, 2.24) is 14.4 Å². The topological polar surface area (TPSA) is 56.5 Å². The third-order valence-electron chi connectivity index (χ3n) is 2.88. The van der Waals surface area contributed by atoms with E-state index in [2.05, 4.69) is 30.6 Å². The molecular weight excluding hydrogens is 322 g/mol. The van der Waals surface area contributed by atoms with Gasteiger partial charge in [0.1, 0.15) is 0 Å². The summed E-state index contributed by atoms with van der Waals surface area (Å²) in [5.41, 5.74) is 2.23. The van der Waals surface area contributed by atoms with Crippen LogP contribution in [0.15, 0.2) is 47.3 Å². The zero-order valence-electron chi connectivity index (χ0n) is 10.6. The van der Waals surface area contributed by atoms with Crippen molar-refractivity contribution in [3.05, 3.63) is 52.9 Å². The molecule has 6 heteroatoms. The van der Waals surface area contributed by atoms with E-state index in [1.54, 1.807) is 18.3 Å². The lowest BCUT2D eigenvalue weighted by molar-refractivity contribution is 0.0601. The molecule has 0 amide bonds. The second-order valence-electron chi connectivity index (χ2n) is 4.17. The van der Waals surface area contributed by atoms with E-state index in [9.17, 15) is 4.79 Å². The highest BCUT2D eigenvalue weighted by Gasteiger charge is 2.08. The average molecular weight is 332 g/mol. The van der Waals surface area contributed by atoms with Crippen molar-refractivity contribution in [3.63, 3.8) is 0 Å². The monoisotopic (exact) mass is 331 g/mol. The summed E-state index contributed by atoms with van der Waals surface area (Å²) < 4.78 is 7.39. The Morgan fingerprint density at radius 3 is 2.70 bits per heavy atom. The van der Waals surface area contributed by atoms with Crippen LogP contribution in [-0.2, 0) is 4.74 Å². The molecule has 0 atom stereocenters. The molecule has 0 spiro atoms. The van der Waals surface area contributed by atoms with Gasteiger partial charge in [-0.1, -0.05) is 12.1 Å². The second-order valence-corrected chi connectivity index (χ2v) is 5.09. The third-order valence-corrected chi connectivity index (χ3v) is 3.29. The van der Waals surface area contributed by atoms with Crippen LogP contribution in [0.4, 0.5) is 0 Å². The summed E-state index contributed by atoms with van der Waals surface area (Å²) in [6.45, 7) is 0. The Bertz CT molecular complexity index is 781. The molecule has 0 aliphatic carbocycles. The molecule has 3 aromatic rings. The van der Waals surface area contributed by atoms with E-state index in [0.717, 1.165) is 15.7 Å². The zero-order valence-corrected chi connectivity index (χ0v) is 12.2. The number of carbonyl (C=O) groups is 1. The lowest BCUT2D eigenvalue weighted by Gasteiger charge is -2.00. The molecule has 1 aromatic carbocycles. The lowest BCUT2D eigenvalue weighted by Crippen LogP contribution is -2.00. The molecule has 0 unspecified atom stereocenters. The van der Waals surface area contributed by atoms with E-state index >= 15 is 0 Å². The molecular formula is C14H10BrN3O2. The molecule has 2 aromatic heterocycles. The van der Waals surface area contributed by atoms with Crippen LogP contribution in [0.3, 0.4) is 0 Å². The Labute approximate surface area is 123 Å². The van der Waals surface area contributed by atoms with Gasteiger partial charge in [-0.2, -0.15) is 0 Å². The second kappa shape index (κ2) is 5.05. The molecule has 5 nitrogen and oxygen atoms in total. The minimum Gasteiger partial charge on any atom is -0.465 e. The summed E-state index contributed by atoms with van der Waals surface area (Å²) in [6, 6.07) is 7.11. The minimum atomic E-state index is -0.350. The molecule has 0 saturated heterocycles. The van der Waals surface area contributed by atoms with Crippen LogP contribution >= 0.6 is 15.9 Å². The Hall–Kier alpha value is -2.21. The van der Waals surface area contributed by atoms with Gasteiger partial charge in [0.15, 0.2) is 0 Å². The molecule has 0 aliphatic rings. The number of hydrogen-bond donors (Lipinski definition) is 0. The maximum Gasteiger partial charge on any atom is 0.337 e. The summed E-state index contributed by atoms with van der Waals surface area (Å²) in [5.74, 6) is 0.275. The van der Waals surface area contributed by atoms with Gasteiger partial charge < -0.3 is 4.74 Å². The van der Waals surface area contributed by atoms with Gasteiger partial charge in [0.2, 0.25) is 5.78 Å². The number of hydrogen-bond acceptors (Lipinski definition) is 4. The summed E-state index contributed by atoms with van der Waals surface area (Å²) in [4.78, 5) is 20.0. The number of imidazole rings is 1. The summed E-state index contributed by atoms with van der Waals surface area (Å²) in [5, 5.41) is 0. The molecule has 0 aliphatic heterocycles. The van der Waals surface area contributed by atoms with Crippen molar-refractivity contribution in [3.8, 4) is 11.3 Å². The van der Waals surface area contributed by atoms with E-state index in [1.807, 2.05) is 28.9 Å². The number of ether oxygens (including phenoxy) is 1. The van der Waals surface area contributed by atoms with Gasteiger partial charge in [-0.3, -0.25) is 4.40 Å². The third kappa shape index (κ3) is 2.30. The van der Waals surface area contributed by atoms with Gasteiger partial charge in [0.25, 0.3) is 0 Å². The highest BCUT2D eigenvalue weighted by Crippen LogP contribution is 2.20. The van der Waals surface area contributed by atoms with Crippen molar-refractivity contribution in [1.29, 1.82) is 0 Å². The average Bonchev–Trinajstić information content (AvgIpc) is 2.89. The molecule has 20 heavy (non-hydrogen) atoms. The Balaban J connectivity index is 2.00. The number of esters is 1. The quantitative estimate of drug-likeness (QED) is 0.677. The van der Waals surface area contributed by atoms with Crippen LogP contribution in [0.25, 0.3) is 17.0 Å².